The Morgan fingerprint density at radius 1 is 0.800 bits per heavy atom. The van der Waals surface area contributed by atoms with Gasteiger partial charge in [-0.1, -0.05) is 0 Å². The van der Waals surface area contributed by atoms with Crippen LogP contribution >= 0.6 is 0 Å². The molecule has 0 spiro atoms. The van der Waals surface area contributed by atoms with Gasteiger partial charge in [-0.05, 0) is 85.5 Å². The maximum atomic E-state index is 12.0. The standard InChI is InChI=1S/C12H18NO.C5H5.Fe/c1-9(2)13(10(3)4)12(14)11-7-5-6-8-11;1-2-4-5-3-1;/h5-10H,1-4H3;1-5H;. The molecule has 2 nitrogen and oxygen atoms in total. The summed E-state index contributed by atoms with van der Waals surface area (Å²) >= 11 is 0. The van der Waals surface area contributed by atoms with Gasteiger partial charge in [-0.2, -0.15) is 0 Å². The number of rotatable bonds is 3. The quantitative estimate of drug-likeness (QED) is 0.733. The van der Waals surface area contributed by atoms with Crippen LogP contribution in [-0.2, 0) is 21.9 Å². The van der Waals surface area contributed by atoms with Crippen LogP contribution in [0.4, 0.5) is 0 Å². The van der Waals surface area contributed by atoms with E-state index in [-0.39, 0.29) is 35.1 Å². The van der Waals surface area contributed by atoms with E-state index in [0.29, 0.717) is 0 Å². The number of carbonyl (C=O) groups is 1. The molecule has 0 N–H and O–H groups in total. The smallest absolute Gasteiger partial charge is 0.230 e. The van der Waals surface area contributed by atoms with Crippen molar-refractivity contribution in [1.29, 1.82) is 0 Å². The Bertz CT molecular complexity index is 240. The zero-order chi connectivity index (χ0) is 14.3. The second-order valence-corrected chi connectivity index (χ2v) is 5.04. The van der Waals surface area contributed by atoms with E-state index < -0.39 is 0 Å². The van der Waals surface area contributed by atoms with Crippen LogP contribution < -0.4 is 0 Å². The van der Waals surface area contributed by atoms with Crippen molar-refractivity contribution in [3.8, 4) is 0 Å². The minimum Gasteiger partial charge on any atom is -0.337 e. The van der Waals surface area contributed by atoms with Gasteiger partial charge in [0.15, 0.2) is 0 Å². The molecule has 0 unspecified atom stereocenters. The first-order chi connectivity index (χ1) is 9.04. The van der Waals surface area contributed by atoms with Crippen molar-refractivity contribution in [3.63, 3.8) is 0 Å². The zero-order valence-electron chi connectivity index (χ0n) is 12.6. The topological polar surface area (TPSA) is 20.3 Å². The van der Waals surface area contributed by atoms with Crippen molar-refractivity contribution in [3.05, 3.63) is 63.7 Å². The van der Waals surface area contributed by atoms with Gasteiger partial charge in [-0.25, -0.2) is 0 Å². The maximum Gasteiger partial charge on any atom is 0.230 e. The molecule has 2 aliphatic rings. The summed E-state index contributed by atoms with van der Waals surface area (Å²) in [4.78, 5) is 13.9. The molecule has 0 aromatic heterocycles. The van der Waals surface area contributed by atoms with Gasteiger partial charge in [0.05, 0.1) is 5.92 Å². The maximum absolute atomic E-state index is 12.0. The van der Waals surface area contributed by atoms with Crippen molar-refractivity contribution in [2.75, 3.05) is 0 Å². The molecule has 2 fully saturated rings. The van der Waals surface area contributed by atoms with E-state index >= 15 is 0 Å². The Morgan fingerprint density at radius 3 is 1.45 bits per heavy atom. The van der Waals surface area contributed by atoms with E-state index in [1.807, 2.05) is 90.4 Å². The SMILES string of the molecule is CC(C)N(C(=O)[C]1[CH][CH][CH][CH]1)C(C)C.[CH]1[CH][CH][CH][CH]1.[Fe]. The molecule has 3 heteroatoms. The Morgan fingerprint density at radius 2 is 1.15 bits per heavy atom. The summed E-state index contributed by atoms with van der Waals surface area (Å²) in [5, 5.41) is 0. The van der Waals surface area contributed by atoms with Gasteiger partial charge in [-0.15, -0.1) is 0 Å². The van der Waals surface area contributed by atoms with Crippen molar-refractivity contribution < 1.29 is 21.9 Å². The molecule has 0 heterocycles. The van der Waals surface area contributed by atoms with E-state index in [9.17, 15) is 4.79 Å². The van der Waals surface area contributed by atoms with Crippen LogP contribution in [0.25, 0.3) is 0 Å². The van der Waals surface area contributed by atoms with Crippen molar-refractivity contribution in [2.24, 2.45) is 0 Å². The van der Waals surface area contributed by atoms with Crippen LogP contribution in [0.3, 0.4) is 0 Å². The summed E-state index contributed by atoms with van der Waals surface area (Å²) in [6.07, 6.45) is 17.5. The van der Waals surface area contributed by atoms with Crippen molar-refractivity contribution >= 4 is 5.91 Å². The van der Waals surface area contributed by atoms with E-state index in [0.717, 1.165) is 5.92 Å². The Balaban J connectivity index is 0.000000507. The minimum atomic E-state index is 0. The molecular formula is C17H23FeNO. The van der Waals surface area contributed by atoms with Crippen LogP contribution in [0, 0.1) is 63.7 Å². The number of hydrogen-bond acceptors (Lipinski definition) is 1. The van der Waals surface area contributed by atoms with E-state index in [2.05, 4.69) is 0 Å². The molecular weight excluding hydrogens is 290 g/mol. The normalized spacial score (nSPS) is 18.7. The van der Waals surface area contributed by atoms with Crippen LogP contribution in [0.5, 0.6) is 0 Å². The Kier molecular flexibility index (Phi) is 10.7. The third kappa shape index (κ3) is 6.63. The molecule has 0 aliphatic heterocycles. The average molecular weight is 313 g/mol. The molecule has 110 valence electrons. The van der Waals surface area contributed by atoms with Gasteiger partial charge < -0.3 is 4.90 Å². The molecule has 2 saturated carbocycles. The zero-order valence-corrected chi connectivity index (χ0v) is 13.7. The Labute approximate surface area is 136 Å². The van der Waals surface area contributed by atoms with Crippen LogP contribution in [0.15, 0.2) is 0 Å². The first kappa shape index (κ1) is 20.0. The second-order valence-electron chi connectivity index (χ2n) is 5.04. The summed E-state index contributed by atoms with van der Waals surface area (Å²) < 4.78 is 0. The number of hydrogen-bond donors (Lipinski definition) is 0. The second kappa shape index (κ2) is 10.7. The fraction of sp³-hybridized carbons (Fsp3) is 0.353. The summed E-state index contributed by atoms with van der Waals surface area (Å²) in [5.74, 6) is 0.910. The molecule has 2 rings (SSSR count). The van der Waals surface area contributed by atoms with Crippen LogP contribution in [0.1, 0.15) is 27.7 Å². The molecule has 0 aromatic carbocycles. The summed E-state index contributed by atoms with van der Waals surface area (Å²) in [5.41, 5.74) is 0. The predicted octanol–water partition coefficient (Wildman–Crippen LogP) is 3.06. The molecule has 10 radical (unpaired) electrons. The van der Waals surface area contributed by atoms with Gasteiger partial charge in [0.25, 0.3) is 0 Å². The van der Waals surface area contributed by atoms with Gasteiger partial charge in [0.1, 0.15) is 0 Å². The molecule has 0 saturated heterocycles. The van der Waals surface area contributed by atoms with Gasteiger partial charge in [0.2, 0.25) is 5.91 Å². The molecule has 0 bridgehead atoms. The molecule has 0 aromatic rings. The first-order valence-corrected chi connectivity index (χ1v) is 6.75. The number of nitrogens with zero attached hydrogens (tertiary/aromatic N) is 1. The van der Waals surface area contributed by atoms with Gasteiger partial charge in [-0.3, -0.25) is 4.79 Å². The van der Waals surface area contributed by atoms with Gasteiger partial charge in [0, 0.05) is 29.2 Å². The minimum absolute atomic E-state index is 0. The molecule has 1 amide bonds. The molecule has 20 heavy (non-hydrogen) atoms. The first-order valence-electron chi connectivity index (χ1n) is 6.75. The largest absolute Gasteiger partial charge is 0.337 e. The van der Waals surface area contributed by atoms with Crippen molar-refractivity contribution in [1.82, 2.24) is 4.90 Å². The third-order valence-electron chi connectivity index (χ3n) is 2.81. The average Bonchev–Trinajstić information content (AvgIpc) is 3.05. The van der Waals surface area contributed by atoms with Crippen LogP contribution in [0.2, 0.25) is 0 Å². The fourth-order valence-electron chi connectivity index (χ4n) is 2.05. The summed E-state index contributed by atoms with van der Waals surface area (Å²) in [7, 11) is 0. The van der Waals surface area contributed by atoms with Crippen LogP contribution in [-0.4, -0.2) is 22.9 Å². The molecule has 2 aliphatic carbocycles. The van der Waals surface area contributed by atoms with E-state index in [1.54, 1.807) is 0 Å². The Hall–Kier alpha value is -0.0105. The summed E-state index contributed by atoms with van der Waals surface area (Å²) in [6.45, 7) is 8.17. The monoisotopic (exact) mass is 313 g/mol. The number of carbonyl (C=O) groups excluding carboxylic acids is 1. The van der Waals surface area contributed by atoms with Crippen molar-refractivity contribution in [2.45, 2.75) is 39.8 Å². The van der Waals surface area contributed by atoms with E-state index in [4.69, 9.17) is 0 Å². The predicted molar refractivity (Wildman–Crippen MR) is 79.1 cm³/mol. The fourth-order valence-corrected chi connectivity index (χ4v) is 2.05. The van der Waals surface area contributed by atoms with Gasteiger partial charge >= 0.3 is 0 Å². The molecule has 0 atom stereocenters. The van der Waals surface area contributed by atoms with E-state index in [1.165, 1.54) is 0 Å². The third-order valence-corrected chi connectivity index (χ3v) is 2.81. The summed E-state index contributed by atoms with van der Waals surface area (Å²) in [6, 6.07) is 0.495. The number of amides is 1.